The Labute approximate surface area is 173 Å². The van der Waals surface area contributed by atoms with Crippen LogP contribution in [0.25, 0.3) is 0 Å². The molecule has 148 valence electrons. The summed E-state index contributed by atoms with van der Waals surface area (Å²) < 4.78 is 43.2. The van der Waals surface area contributed by atoms with Crippen molar-refractivity contribution in [3.8, 4) is 5.75 Å². The lowest BCUT2D eigenvalue weighted by molar-refractivity contribution is -0.274. The highest BCUT2D eigenvalue weighted by Gasteiger charge is 2.48. The van der Waals surface area contributed by atoms with Crippen molar-refractivity contribution in [1.29, 1.82) is 0 Å². The standard InChI is InChI=1S/C22H15BrF3NO2/c23-16-7-3-5-14(11-16)13-21(18-9-1-2-10-19(18)27-20(21)28)15-6-4-8-17(12-15)29-22(24,25)26/h1-12H,13H2,(H,27,28). The van der Waals surface area contributed by atoms with E-state index in [1.165, 1.54) is 18.2 Å². The Bertz CT molecular complexity index is 1080. The zero-order chi connectivity index (χ0) is 20.6. The lowest BCUT2D eigenvalue weighted by atomic mass is 9.71. The normalized spacial score (nSPS) is 18.3. The molecule has 1 amide bonds. The number of amides is 1. The second kappa shape index (κ2) is 7.22. The molecule has 3 aromatic rings. The molecular weight excluding hydrogens is 447 g/mol. The number of alkyl halides is 3. The van der Waals surface area contributed by atoms with Crippen LogP contribution < -0.4 is 10.1 Å². The van der Waals surface area contributed by atoms with Crippen LogP contribution in [0, 0.1) is 0 Å². The molecule has 0 saturated heterocycles. The molecule has 1 aliphatic rings. The zero-order valence-corrected chi connectivity index (χ0v) is 16.5. The number of hydrogen-bond donors (Lipinski definition) is 1. The van der Waals surface area contributed by atoms with Crippen LogP contribution in [0.3, 0.4) is 0 Å². The lowest BCUT2D eigenvalue weighted by Crippen LogP contribution is -2.38. The number of rotatable bonds is 4. The Balaban J connectivity index is 1.89. The minimum atomic E-state index is -4.81. The molecule has 1 aliphatic heterocycles. The number of ether oxygens (including phenoxy) is 1. The summed E-state index contributed by atoms with van der Waals surface area (Å²) in [6.45, 7) is 0. The monoisotopic (exact) mass is 461 g/mol. The average Bonchev–Trinajstić information content (AvgIpc) is 2.93. The molecule has 0 fully saturated rings. The van der Waals surface area contributed by atoms with E-state index in [0.717, 1.165) is 10.0 Å². The lowest BCUT2D eigenvalue weighted by Gasteiger charge is -2.29. The Hall–Kier alpha value is -2.80. The predicted molar refractivity (Wildman–Crippen MR) is 107 cm³/mol. The smallest absolute Gasteiger partial charge is 0.406 e. The van der Waals surface area contributed by atoms with Gasteiger partial charge in [0, 0.05) is 10.2 Å². The fourth-order valence-electron chi connectivity index (χ4n) is 3.79. The highest BCUT2D eigenvalue weighted by Crippen LogP contribution is 2.46. The van der Waals surface area contributed by atoms with Crippen LogP contribution in [0.15, 0.2) is 77.3 Å². The van der Waals surface area contributed by atoms with Crippen LogP contribution in [0.5, 0.6) is 5.75 Å². The molecule has 0 saturated carbocycles. The van der Waals surface area contributed by atoms with E-state index in [4.69, 9.17) is 0 Å². The summed E-state index contributed by atoms with van der Waals surface area (Å²) in [5.74, 6) is -0.649. The van der Waals surface area contributed by atoms with Gasteiger partial charge < -0.3 is 10.1 Å². The SMILES string of the molecule is O=C1Nc2ccccc2C1(Cc1cccc(Br)c1)c1cccc(OC(F)(F)F)c1. The zero-order valence-electron chi connectivity index (χ0n) is 15.0. The number of fused-ring (bicyclic) bond motifs is 1. The molecule has 0 aliphatic carbocycles. The van der Waals surface area contributed by atoms with E-state index < -0.39 is 11.8 Å². The summed E-state index contributed by atoms with van der Waals surface area (Å²) in [7, 11) is 0. The minimum Gasteiger partial charge on any atom is -0.406 e. The Morgan fingerprint density at radius 2 is 1.72 bits per heavy atom. The van der Waals surface area contributed by atoms with Crippen molar-refractivity contribution in [2.24, 2.45) is 0 Å². The van der Waals surface area contributed by atoms with Gasteiger partial charge in [-0.05, 0) is 53.4 Å². The highest BCUT2D eigenvalue weighted by atomic mass is 79.9. The minimum absolute atomic E-state index is 0.282. The van der Waals surface area contributed by atoms with E-state index >= 15 is 0 Å². The molecule has 1 unspecified atom stereocenters. The first kappa shape index (κ1) is 19.5. The van der Waals surface area contributed by atoms with Gasteiger partial charge in [0.05, 0.1) is 0 Å². The topological polar surface area (TPSA) is 38.3 Å². The van der Waals surface area contributed by atoms with E-state index in [1.54, 1.807) is 18.2 Å². The Kier molecular flexibility index (Phi) is 4.86. The number of para-hydroxylation sites is 1. The largest absolute Gasteiger partial charge is 0.573 e. The van der Waals surface area contributed by atoms with Gasteiger partial charge >= 0.3 is 6.36 Å². The summed E-state index contributed by atoms with van der Waals surface area (Å²) in [5.41, 5.74) is 1.49. The molecule has 1 atom stereocenters. The van der Waals surface area contributed by atoms with Gasteiger partial charge in [0.2, 0.25) is 5.91 Å². The second-order valence-corrected chi connectivity index (χ2v) is 7.70. The van der Waals surface area contributed by atoms with Crippen LogP contribution in [0.2, 0.25) is 0 Å². The highest BCUT2D eigenvalue weighted by molar-refractivity contribution is 9.10. The predicted octanol–water partition coefficient (Wildman–Crippen LogP) is 5.83. The van der Waals surface area contributed by atoms with Gasteiger partial charge in [-0.2, -0.15) is 0 Å². The van der Waals surface area contributed by atoms with Crippen molar-refractivity contribution in [1.82, 2.24) is 0 Å². The molecule has 3 nitrogen and oxygen atoms in total. The summed E-state index contributed by atoms with van der Waals surface area (Å²) >= 11 is 3.43. The fraction of sp³-hybridized carbons (Fsp3) is 0.136. The molecular formula is C22H15BrF3NO2. The van der Waals surface area contributed by atoms with E-state index in [1.807, 2.05) is 36.4 Å². The van der Waals surface area contributed by atoms with Crippen molar-refractivity contribution in [3.05, 3.63) is 94.0 Å². The maximum Gasteiger partial charge on any atom is 0.573 e. The van der Waals surface area contributed by atoms with Crippen LogP contribution >= 0.6 is 15.9 Å². The first-order chi connectivity index (χ1) is 13.8. The number of benzene rings is 3. The van der Waals surface area contributed by atoms with Crippen molar-refractivity contribution in [3.63, 3.8) is 0 Å². The van der Waals surface area contributed by atoms with Crippen molar-refractivity contribution < 1.29 is 22.7 Å². The van der Waals surface area contributed by atoms with Gasteiger partial charge in [-0.15, -0.1) is 13.2 Å². The number of carbonyl (C=O) groups excluding carboxylic acids is 1. The number of carbonyl (C=O) groups is 1. The molecule has 7 heteroatoms. The maximum absolute atomic E-state index is 13.3. The molecule has 0 bridgehead atoms. The second-order valence-electron chi connectivity index (χ2n) is 6.79. The third-order valence-electron chi connectivity index (χ3n) is 4.94. The first-order valence-corrected chi connectivity index (χ1v) is 9.59. The Morgan fingerprint density at radius 3 is 2.48 bits per heavy atom. The van der Waals surface area contributed by atoms with Crippen LogP contribution in [-0.4, -0.2) is 12.3 Å². The summed E-state index contributed by atoms with van der Waals surface area (Å²) in [4.78, 5) is 13.3. The molecule has 0 radical (unpaired) electrons. The maximum atomic E-state index is 13.3. The first-order valence-electron chi connectivity index (χ1n) is 8.80. The van der Waals surface area contributed by atoms with E-state index in [0.29, 0.717) is 16.8 Å². The number of nitrogens with one attached hydrogen (secondary N) is 1. The van der Waals surface area contributed by atoms with Crippen molar-refractivity contribution >= 4 is 27.5 Å². The van der Waals surface area contributed by atoms with E-state index in [9.17, 15) is 18.0 Å². The molecule has 3 aromatic carbocycles. The fourth-order valence-corrected chi connectivity index (χ4v) is 4.24. The van der Waals surface area contributed by atoms with Crippen molar-refractivity contribution in [2.45, 2.75) is 18.2 Å². The molecule has 0 aromatic heterocycles. The van der Waals surface area contributed by atoms with Gasteiger partial charge in [-0.3, -0.25) is 4.79 Å². The number of anilines is 1. The van der Waals surface area contributed by atoms with E-state index in [-0.39, 0.29) is 18.1 Å². The average molecular weight is 462 g/mol. The van der Waals surface area contributed by atoms with Gasteiger partial charge in [0.25, 0.3) is 0 Å². The summed E-state index contributed by atoms with van der Waals surface area (Å²) in [6, 6.07) is 20.4. The van der Waals surface area contributed by atoms with Crippen LogP contribution in [0.1, 0.15) is 16.7 Å². The van der Waals surface area contributed by atoms with Crippen molar-refractivity contribution in [2.75, 3.05) is 5.32 Å². The molecule has 0 spiro atoms. The summed E-state index contributed by atoms with van der Waals surface area (Å²) in [6.07, 6.45) is -4.53. The molecule has 29 heavy (non-hydrogen) atoms. The Morgan fingerprint density at radius 1 is 0.966 bits per heavy atom. The summed E-state index contributed by atoms with van der Waals surface area (Å²) in [5, 5.41) is 2.88. The molecule has 1 N–H and O–H groups in total. The van der Waals surface area contributed by atoms with Gasteiger partial charge in [-0.25, -0.2) is 0 Å². The van der Waals surface area contributed by atoms with Crippen LogP contribution in [0.4, 0.5) is 18.9 Å². The van der Waals surface area contributed by atoms with Crippen LogP contribution in [-0.2, 0) is 16.6 Å². The quantitative estimate of drug-likeness (QED) is 0.530. The number of hydrogen-bond acceptors (Lipinski definition) is 2. The van der Waals surface area contributed by atoms with Gasteiger partial charge in [0.1, 0.15) is 11.2 Å². The van der Waals surface area contributed by atoms with Gasteiger partial charge in [-0.1, -0.05) is 58.4 Å². The van der Waals surface area contributed by atoms with Gasteiger partial charge in [0.15, 0.2) is 0 Å². The molecule has 4 rings (SSSR count). The third kappa shape index (κ3) is 3.74. The third-order valence-corrected chi connectivity index (χ3v) is 5.43. The molecule has 1 heterocycles. The number of halogens is 4. The van der Waals surface area contributed by atoms with E-state index in [2.05, 4.69) is 26.0 Å².